The molecule has 1 nitrogen and oxygen atoms in total. The molecule has 0 spiro atoms. The number of hydrogen-bond acceptors (Lipinski definition) is 0. The standard InChI is InChI=1S/C22H17NSe2/c1-2-23-19-9-7-15(21-5-3-11-24-21)13-17(19)18-14-16(8-10-20(18)23)22-6-4-12-25-22/h3-14H,2H2,1H3. The molecular formula is C22H17NSe2. The Kier molecular flexibility index (Phi) is 3.84. The summed E-state index contributed by atoms with van der Waals surface area (Å²) in [6, 6.07) is 22.9. The molecule has 0 saturated heterocycles. The number of hydrogen-bond donors (Lipinski definition) is 0. The summed E-state index contributed by atoms with van der Waals surface area (Å²) in [5, 5.41) is 2.78. The maximum atomic E-state index is 2.44. The van der Waals surface area contributed by atoms with Gasteiger partial charge in [-0.05, 0) is 0 Å². The number of benzene rings is 2. The number of aryl methyl sites for hydroxylation is 1. The van der Waals surface area contributed by atoms with Crippen molar-refractivity contribution in [2.24, 2.45) is 0 Å². The van der Waals surface area contributed by atoms with Crippen LogP contribution >= 0.6 is 0 Å². The normalized spacial score (nSPS) is 11.6. The van der Waals surface area contributed by atoms with Crippen LogP contribution in [0.4, 0.5) is 0 Å². The van der Waals surface area contributed by atoms with Crippen LogP contribution < -0.4 is 0 Å². The van der Waals surface area contributed by atoms with Gasteiger partial charge in [-0.1, -0.05) is 0 Å². The van der Waals surface area contributed by atoms with Crippen LogP contribution in [0.15, 0.2) is 70.5 Å². The van der Waals surface area contributed by atoms with Gasteiger partial charge in [-0.15, -0.1) is 0 Å². The van der Waals surface area contributed by atoms with Crippen molar-refractivity contribution in [2.75, 3.05) is 0 Å². The minimum absolute atomic E-state index is 0.477. The van der Waals surface area contributed by atoms with E-state index in [1.165, 1.54) is 41.8 Å². The molecule has 5 rings (SSSR count). The van der Waals surface area contributed by atoms with Crippen molar-refractivity contribution in [3.8, 4) is 20.0 Å². The Bertz CT molecular complexity index is 1070. The van der Waals surface area contributed by atoms with Gasteiger partial charge in [0.1, 0.15) is 0 Å². The summed E-state index contributed by atoms with van der Waals surface area (Å²) in [6.07, 6.45) is 0. The summed E-state index contributed by atoms with van der Waals surface area (Å²) in [4.78, 5) is 4.59. The minimum atomic E-state index is 0.477. The molecule has 3 heteroatoms. The molecule has 3 aromatic heterocycles. The molecule has 0 bridgehead atoms. The molecule has 0 saturated carbocycles. The SMILES string of the molecule is CCn1c2ccc(-c3ccc[se]3)cc2c2cc(-c3ccc[se]3)ccc21. The molecule has 0 amide bonds. The van der Waals surface area contributed by atoms with E-state index in [1.54, 1.807) is 0 Å². The van der Waals surface area contributed by atoms with Crippen LogP contribution in [0.2, 0.25) is 0 Å². The summed E-state index contributed by atoms with van der Waals surface area (Å²) < 4.78 is 5.40. The number of fused-ring (bicyclic) bond motifs is 3. The molecule has 2 aromatic carbocycles. The van der Waals surface area contributed by atoms with Crippen molar-refractivity contribution >= 4 is 50.8 Å². The molecule has 0 fully saturated rings. The van der Waals surface area contributed by atoms with E-state index in [9.17, 15) is 0 Å². The Labute approximate surface area is 159 Å². The Morgan fingerprint density at radius 1 is 0.720 bits per heavy atom. The topological polar surface area (TPSA) is 4.93 Å². The van der Waals surface area contributed by atoms with Gasteiger partial charge in [-0.2, -0.15) is 0 Å². The third-order valence-corrected chi connectivity index (χ3v) is 8.65. The van der Waals surface area contributed by atoms with Crippen molar-refractivity contribution in [2.45, 2.75) is 13.5 Å². The van der Waals surface area contributed by atoms with Gasteiger partial charge in [0.15, 0.2) is 0 Å². The zero-order valence-electron chi connectivity index (χ0n) is 13.9. The van der Waals surface area contributed by atoms with Crippen LogP contribution in [0, 0.1) is 0 Å². The van der Waals surface area contributed by atoms with Crippen LogP contribution in [0.5, 0.6) is 0 Å². The third-order valence-electron chi connectivity index (χ3n) is 4.79. The summed E-state index contributed by atoms with van der Waals surface area (Å²) in [5.74, 6) is 0. The van der Waals surface area contributed by atoms with E-state index in [2.05, 4.69) is 82.0 Å². The van der Waals surface area contributed by atoms with Crippen molar-refractivity contribution in [1.29, 1.82) is 0 Å². The summed E-state index contributed by atoms with van der Waals surface area (Å²) >= 11 is 0.954. The molecule has 3 heterocycles. The molecule has 25 heavy (non-hydrogen) atoms. The van der Waals surface area contributed by atoms with E-state index in [-0.39, 0.29) is 0 Å². The van der Waals surface area contributed by atoms with Crippen LogP contribution in [-0.4, -0.2) is 33.6 Å². The van der Waals surface area contributed by atoms with Crippen LogP contribution in [0.1, 0.15) is 6.92 Å². The van der Waals surface area contributed by atoms with E-state index in [0.29, 0.717) is 29.0 Å². The van der Waals surface area contributed by atoms with E-state index in [4.69, 9.17) is 0 Å². The quantitative estimate of drug-likeness (QED) is 0.329. The first kappa shape index (κ1) is 15.5. The summed E-state index contributed by atoms with van der Waals surface area (Å²) in [6.45, 7) is 3.24. The molecule has 0 radical (unpaired) electrons. The first-order chi connectivity index (χ1) is 12.3. The second kappa shape index (κ2) is 6.20. The average molecular weight is 453 g/mol. The van der Waals surface area contributed by atoms with E-state index in [0.717, 1.165) is 6.54 Å². The molecule has 0 aliphatic rings. The molecule has 0 atom stereocenters. The average Bonchev–Trinajstić information content (AvgIpc) is 3.40. The second-order valence-corrected chi connectivity index (χ2v) is 10.1. The fourth-order valence-electron chi connectivity index (χ4n) is 3.64. The molecular weight excluding hydrogens is 436 g/mol. The Hall–Kier alpha value is -1.76. The van der Waals surface area contributed by atoms with E-state index in [1.807, 2.05) is 0 Å². The predicted molar refractivity (Wildman–Crippen MR) is 110 cm³/mol. The van der Waals surface area contributed by atoms with Crippen molar-refractivity contribution in [3.63, 3.8) is 0 Å². The van der Waals surface area contributed by atoms with Crippen molar-refractivity contribution in [3.05, 3.63) is 70.5 Å². The molecule has 122 valence electrons. The van der Waals surface area contributed by atoms with Crippen molar-refractivity contribution in [1.82, 2.24) is 4.57 Å². The fourth-order valence-corrected chi connectivity index (χ4v) is 6.67. The van der Waals surface area contributed by atoms with Gasteiger partial charge >= 0.3 is 159 Å². The molecule has 0 aliphatic carbocycles. The van der Waals surface area contributed by atoms with E-state index < -0.39 is 0 Å². The van der Waals surface area contributed by atoms with Crippen molar-refractivity contribution < 1.29 is 0 Å². The van der Waals surface area contributed by atoms with Crippen LogP contribution in [0.25, 0.3) is 41.8 Å². The van der Waals surface area contributed by atoms with Gasteiger partial charge in [0.2, 0.25) is 0 Å². The summed E-state index contributed by atoms with van der Waals surface area (Å²) in [5.41, 5.74) is 5.45. The van der Waals surface area contributed by atoms with Gasteiger partial charge in [0.05, 0.1) is 0 Å². The van der Waals surface area contributed by atoms with Crippen LogP contribution in [-0.2, 0) is 6.54 Å². The van der Waals surface area contributed by atoms with Gasteiger partial charge in [0.25, 0.3) is 0 Å². The first-order valence-electron chi connectivity index (χ1n) is 8.49. The maximum absolute atomic E-state index is 2.44. The number of nitrogens with zero attached hydrogens (tertiary/aromatic N) is 1. The second-order valence-electron chi connectivity index (χ2n) is 6.16. The van der Waals surface area contributed by atoms with Gasteiger partial charge in [-0.3, -0.25) is 0 Å². The van der Waals surface area contributed by atoms with Crippen LogP contribution in [0.3, 0.4) is 0 Å². The first-order valence-corrected chi connectivity index (χ1v) is 12.2. The molecule has 5 aromatic rings. The monoisotopic (exact) mass is 455 g/mol. The summed E-state index contributed by atoms with van der Waals surface area (Å²) in [7, 11) is 0. The zero-order chi connectivity index (χ0) is 16.8. The number of aromatic nitrogens is 1. The van der Waals surface area contributed by atoms with E-state index >= 15 is 0 Å². The van der Waals surface area contributed by atoms with Gasteiger partial charge < -0.3 is 0 Å². The third kappa shape index (κ3) is 2.51. The fraction of sp³-hybridized carbons (Fsp3) is 0.0909. The zero-order valence-corrected chi connectivity index (χ0v) is 17.3. The molecule has 0 aliphatic heterocycles. The Morgan fingerprint density at radius 2 is 1.24 bits per heavy atom. The number of rotatable bonds is 3. The Balaban J connectivity index is 1.82. The molecule has 0 unspecified atom stereocenters. The Morgan fingerprint density at radius 3 is 1.64 bits per heavy atom. The van der Waals surface area contributed by atoms with Gasteiger partial charge in [-0.25, -0.2) is 0 Å². The predicted octanol–water partition coefficient (Wildman–Crippen LogP) is 5.26. The molecule has 0 N–H and O–H groups in total. The van der Waals surface area contributed by atoms with Gasteiger partial charge in [0, 0.05) is 0 Å².